The first-order valence-corrected chi connectivity index (χ1v) is 11.4. The van der Waals surface area contributed by atoms with E-state index < -0.39 is 8.32 Å². The Morgan fingerprint density at radius 2 is 1.35 bits per heavy atom. The fourth-order valence-electron chi connectivity index (χ4n) is 3.23. The van der Waals surface area contributed by atoms with Gasteiger partial charge in [0.05, 0.1) is 0 Å². The summed E-state index contributed by atoms with van der Waals surface area (Å²) in [4.78, 5) is 0. The average Bonchev–Trinajstić information content (AvgIpc) is 2.31. The van der Waals surface area contributed by atoms with E-state index in [1.54, 1.807) is 0 Å². The van der Waals surface area contributed by atoms with E-state index in [-0.39, 0.29) is 0 Å². The van der Waals surface area contributed by atoms with Crippen molar-refractivity contribution in [3.8, 4) is 0 Å². The predicted octanol–water partition coefficient (Wildman–Crippen LogP) is 6.78. The third-order valence-electron chi connectivity index (χ3n) is 4.23. The van der Waals surface area contributed by atoms with Gasteiger partial charge in [-0.05, 0) is 37.4 Å². The summed E-state index contributed by atoms with van der Waals surface area (Å²) in [5, 5.41) is 0. The molecule has 0 heterocycles. The molecule has 0 radical (unpaired) electrons. The van der Waals surface area contributed by atoms with Crippen LogP contribution in [0.1, 0.15) is 87.0 Å². The van der Waals surface area contributed by atoms with Crippen LogP contribution in [0.3, 0.4) is 0 Å². The van der Waals surface area contributed by atoms with Gasteiger partial charge >= 0.3 is 0 Å². The molecule has 0 bridgehead atoms. The Morgan fingerprint density at radius 1 is 0.800 bits per heavy atom. The normalized spacial score (nSPS) is 15.3. The van der Waals surface area contributed by atoms with Crippen LogP contribution in [0.2, 0.25) is 17.6 Å². The summed E-state index contributed by atoms with van der Waals surface area (Å²) in [7, 11) is -1.57. The highest BCUT2D eigenvalue weighted by Crippen LogP contribution is 2.36. The molecule has 0 N–H and O–H groups in total. The van der Waals surface area contributed by atoms with Gasteiger partial charge in [0.15, 0.2) is 8.32 Å². The smallest absolute Gasteiger partial charge is 0.195 e. The SMILES string of the molecule is CCCCCCCC[Si](CC(C)C)(OC(C)C)C(C)C. The van der Waals surface area contributed by atoms with E-state index >= 15 is 0 Å². The predicted molar refractivity (Wildman–Crippen MR) is 94.9 cm³/mol. The maximum Gasteiger partial charge on any atom is 0.195 e. The maximum absolute atomic E-state index is 6.58. The fraction of sp³-hybridized carbons (Fsp3) is 1.00. The molecule has 0 aliphatic rings. The van der Waals surface area contributed by atoms with Crippen molar-refractivity contribution >= 4 is 8.32 Å². The first-order chi connectivity index (χ1) is 9.34. The van der Waals surface area contributed by atoms with Gasteiger partial charge in [0.2, 0.25) is 0 Å². The van der Waals surface area contributed by atoms with Crippen molar-refractivity contribution in [3.05, 3.63) is 0 Å². The van der Waals surface area contributed by atoms with Gasteiger partial charge < -0.3 is 4.43 Å². The molecule has 20 heavy (non-hydrogen) atoms. The summed E-state index contributed by atoms with van der Waals surface area (Å²) in [6.45, 7) is 16.2. The Morgan fingerprint density at radius 3 is 1.80 bits per heavy atom. The maximum atomic E-state index is 6.58. The largest absolute Gasteiger partial charge is 0.414 e. The molecule has 0 saturated carbocycles. The minimum Gasteiger partial charge on any atom is -0.414 e. The van der Waals surface area contributed by atoms with Gasteiger partial charge in [0.1, 0.15) is 0 Å². The van der Waals surface area contributed by atoms with Gasteiger partial charge in [-0.25, -0.2) is 0 Å². The van der Waals surface area contributed by atoms with Gasteiger partial charge in [-0.2, -0.15) is 0 Å². The second-order valence-corrected chi connectivity index (χ2v) is 11.9. The Bertz CT molecular complexity index is 213. The molecule has 2 heteroatoms. The van der Waals surface area contributed by atoms with Crippen LogP contribution in [-0.2, 0) is 4.43 Å². The van der Waals surface area contributed by atoms with Crippen molar-refractivity contribution in [2.24, 2.45) is 5.92 Å². The van der Waals surface area contributed by atoms with Crippen LogP contribution in [0.4, 0.5) is 0 Å². The van der Waals surface area contributed by atoms with Crippen LogP contribution in [0, 0.1) is 5.92 Å². The zero-order valence-corrected chi connectivity index (χ0v) is 16.3. The minimum atomic E-state index is -1.57. The number of rotatable bonds is 12. The molecule has 0 spiro atoms. The van der Waals surface area contributed by atoms with Crippen molar-refractivity contribution in [2.45, 2.75) is 111 Å². The lowest BCUT2D eigenvalue weighted by atomic mass is 10.1. The third kappa shape index (κ3) is 8.46. The molecular weight excluding hydrogens is 260 g/mol. The monoisotopic (exact) mass is 300 g/mol. The summed E-state index contributed by atoms with van der Waals surface area (Å²) < 4.78 is 6.58. The molecule has 1 atom stereocenters. The Balaban J connectivity index is 4.42. The lowest BCUT2D eigenvalue weighted by Crippen LogP contribution is -2.44. The van der Waals surface area contributed by atoms with E-state index in [1.807, 2.05) is 0 Å². The summed E-state index contributed by atoms with van der Waals surface area (Å²) in [5.74, 6) is 0.767. The summed E-state index contributed by atoms with van der Waals surface area (Å²) in [6, 6.07) is 2.70. The lowest BCUT2D eigenvalue weighted by Gasteiger charge is -2.38. The minimum absolute atomic E-state index is 0.392. The van der Waals surface area contributed by atoms with Gasteiger partial charge in [-0.15, -0.1) is 0 Å². The molecular formula is C18H40OSi. The van der Waals surface area contributed by atoms with Gasteiger partial charge in [-0.1, -0.05) is 73.1 Å². The van der Waals surface area contributed by atoms with Crippen molar-refractivity contribution in [1.82, 2.24) is 0 Å². The first-order valence-electron chi connectivity index (χ1n) is 9.02. The van der Waals surface area contributed by atoms with Gasteiger partial charge in [0, 0.05) is 6.10 Å². The zero-order chi connectivity index (χ0) is 15.6. The molecule has 0 aromatic heterocycles. The van der Waals surface area contributed by atoms with Crippen LogP contribution < -0.4 is 0 Å². The number of hydrogen-bond acceptors (Lipinski definition) is 1. The summed E-state index contributed by atoms with van der Waals surface area (Å²) in [5.41, 5.74) is 0.739. The van der Waals surface area contributed by atoms with E-state index in [1.165, 1.54) is 50.6 Å². The van der Waals surface area contributed by atoms with E-state index in [2.05, 4.69) is 48.5 Å². The standard InChI is InChI=1S/C18H40OSi/c1-8-9-10-11-12-13-14-20(18(6)7,15-16(2)3)19-17(4)5/h16-18H,8-15H2,1-7H3. The summed E-state index contributed by atoms with van der Waals surface area (Å²) in [6.07, 6.45) is 8.76. The molecule has 0 amide bonds. The Kier molecular flexibility index (Phi) is 10.9. The number of unbranched alkanes of at least 4 members (excludes halogenated alkanes) is 5. The second-order valence-electron chi connectivity index (χ2n) is 7.50. The van der Waals surface area contributed by atoms with Gasteiger partial charge in [-0.3, -0.25) is 0 Å². The van der Waals surface area contributed by atoms with Crippen LogP contribution in [0.5, 0.6) is 0 Å². The van der Waals surface area contributed by atoms with Crippen molar-refractivity contribution in [3.63, 3.8) is 0 Å². The summed E-state index contributed by atoms with van der Waals surface area (Å²) >= 11 is 0. The van der Waals surface area contributed by atoms with Crippen LogP contribution in [-0.4, -0.2) is 14.4 Å². The van der Waals surface area contributed by atoms with Crippen molar-refractivity contribution < 1.29 is 4.43 Å². The van der Waals surface area contributed by atoms with E-state index in [9.17, 15) is 0 Å². The molecule has 0 fully saturated rings. The van der Waals surface area contributed by atoms with E-state index in [4.69, 9.17) is 4.43 Å². The highest BCUT2D eigenvalue weighted by molar-refractivity contribution is 6.75. The molecule has 0 aromatic rings. The topological polar surface area (TPSA) is 9.23 Å². The van der Waals surface area contributed by atoms with E-state index in [0.717, 1.165) is 11.5 Å². The lowest BCUT2D eigenvalue weighted by molar-refractivity contribution is 0.215. The van der Waals surface area contributed by atoms with Crippen LogP contribution in [0.25, 0.3) is 0 Å². The third-order valence-corrected chi connectivity index (χ3v) is 9.98. The molecule has 1 nitrogen and oxygen atoms in total. The quantitative estimate of drug-likeness (QED) is 0.285. The molecule has 0 aliphatic heterocycles. The van der Waals surface area contributed by atoms with Crippen LogP contribution in [0.15, 0.2) is 0 Å². The molecule has 0 saturated heterocycles. The first kappa shape index (κ1) is 20.2. The molecule has 0 aromatic carbocycles. The Labute approximate surface area is 130 Å². The molecule has 1 unspecified atom stereocenters. The highest BCUT2D eigenvalue weighted by atomic mass is 28.4. The Hall–Kier alpha value is 0.177. The van der Waals surface area contributed by atoms with Crippen molar-refractivity contribution in [2.75, 3.05) is 0 Å². The second kappa shape index (κ2) is 10.8. The highest BCUT2D eigenvalue weighted by Gasteiger charge is 2.39. The number of hydrogen-bond donors (Lipinski definition) is 0. The fourth-order valence-corrected chi connectivity index (χ4v) is 8.14. The average molecular weight is 301 g/mol. The zero-order valence-electron chi connectivity index (χ0n) is 15.3. The van der Waals surface area contributed by atoms with E-state index in [0.29, 0.717) is 6.10 Å². The van der Waals surface area contributed by atoms with Crippen molar-refractivity contribution in [1.29, 1.82) is 0 Å². The van der Waals surface area contributed by atoms with Crippen LogP contribution >= 0.6 is 0 Å². The van der Waals surface area contributed by atoms with Gasteiger partial charge in [0.25, 0.3) is 0 Å². The molecule has 122 valence electrons. The molecule has 0 rings (SSSR count). The molecule has 0 aliphatic carbocycles.